The lowest BCUT2D eigenvalue weighted by Gasteiger charge is -2.42. The van der Waals surface area contributed by atoms with Gasteiger partial charge >= 0.3 is 0 Å². The van der Waals surface area contributed by atoms with Gasteiger partial charge in [0, 0.05) is 39.1 Å². The Balaban J connectivity index is 1.98. The van der Waals surface area contributed by atoms with Crippen molar-refractivity contribution in [2.24, 2.45) is 17.1 Å². The van der Waals surface area contributed by atoms with Crippen molar-refractivity contribution in [3.8, 4) is 0 Å². The first-order chi connectivity index (χ1) is 7.72. The summed E-state index contributed by atoms with van der Waals surface area (Å²) in [6.07, 6.45) is 4.30. The van der Waals surface area contributed by atoms with Crippen molar-refractivity contribution >= 4 is 5.91 Å². The Bertz CT molecular complexity index is 264. The van der Waals surface area contributed by atoms with Gasteiger partial charge in [0.2, 0.25) is 5.91 Å². The third-order valence-corrected chi connectivity index (χ3v) is 4.24. The Kier molecular flexibility index (Phi) is 3.50. The van der Waals surface area contributed by atoms with E-state index < -0.39 is 0 Å². The molecule has 1 spiro atoms. The highest BCUT2D eigenvalue weighted by Crippen LogP contribution is 2.51. The number of rotatable bonds is 4. The van der Waals surface area contributed by atoms with Crippen LogP contribution in [-0.4, -0.2) is 44.2 Å². The summed E-state index contributed by atoms with van der Waals surface area (Å²) in [4.78, 5) is 13.8. The standard InChI is InChI=1S/C12H22N2O2/c1-16-8-10-7-14(11(15)3-6-13)9-12(10)4-2-5-12/h10H,2-9,13H2,1H3/t10-/m1/s1. The Morgan fingerprint density at radius 1 is 1.56 bits per heavy atom. The molecule has 1 atom stereocenters. The van der Waals surface area contributed by atoms with E-state index in [1.807, 2.05) is 4.90 Å². The Hall–Kier alpha value is -0.610. The predicted molar refractivity (Wildman–Crippen MR) is 61.9 cm³/mol. The number of nitrogens with two attached hydrogens (primary N) is 1. The smallest absolute Gasteiger partial charge is 0.223 e. The van der Waals surface area contributed by atoms with Crippen LogP contribution >= 0.6 is 0 Å². The van der Waals surface area contributed by atoms with Crippen molar-refractivity contribution in [1.82, 2.24) is 4.90 Å². The molecule has 1 aliphatic carbocycles. The minimum atomic E-state index is 0.215. The van der Waals surface area contributed by atoms with Crippen LogP contribution < -0.4 is 5.73 Å². The molecule has 0 bridgehead atoms. The topological polar surface area (TPSA) is 55.6 Å². The first-order valence-corrected chi connectivity index (χ1v) is 6.18. The van der Waals surface area contributed by atoms with Crippen LogP contribution in [0.2, 0.25) is 0 Å². The summed E-state index contributed by atoms with van der Waals surface area (Å²) in [7, 11) is 1.75. The molecule has 4 heteroatoms. The van der Waals surface area contributed by atoms with E-state index in [9.17, 15) is 4.79 Å². The lowest BCUT2D eigenvalue weighted by atomic mass is 9.63. The summed E-state index contributed by atoms with van der Waals surface area (Å²) in [5.41, 5.74) is 5.81. The maximum Gasteiger partial charge on any atom is 0.223 e. The highest BCUT2D eigenvalue weighted by molar-refractivity contribution is 5.76. The molecule has 1 saturated heterocycles. The van der Waals surface area contributed by atoms with Crippen molar-refractivity contribution < 1.29 is 9.53 Å². The van der Waals surface area contributed by atoms with E-state index in [-0.39, 0.29) is 5.91 Å². The normalized spacial score (nSPS) is 27.1. The van der Waals surface area contributed by atoms with Crippen LogP contribution in [0.3, 0.4) is 0 Å². The van der Waals surface area contributed by atoms with E-state index in [0.717, 1.165) is 19.7 Å². The molecular weight excluding hydrogens is 204 g/mol. The highest BCUT2D eigenvalue weighted by atomic mass is 16.5. The van der Waals surface area contributed by atoms with Crippen LogP contribution in [-0.2, 0) is 9.53 Å². The van der Waals surface area contributed by atoms with E-state index in [4.69, 9.17) is 10.5 Å². The fourth-order valence-corrected chi connectivity index (χ4v) is 3.13. The Morgan fingerprint density at radius 2 is 2.31 bits per heavy atom. The molecule has 1 aliphatic heterocycles. The molecule has 2 N–H and O–H groups in total. The van der Waals surface area contributed by atoms with Gasteiger partial charge < -0.3 is 15.4 Å². The maximum atomic E-state index is 11.8. The molecule has 4 nitrogen and oxygen atoms in total. The van der Waals surface area contributed by atoms with E-state index >= 15 is 0 Å². The number of nitrogens with zero attached hydrogens (tertiary/aromatic N) is 1. The minimum Gasteiger partial charge on any atom is -0.384 e. The molecule has 0 aromatic heterocycles. The molecule has 0 radical (unpaired) electrons. The van der Waals surface area contributed by atoms with Crippen LogP contribution in [0.25, 0.3) is 0 Å². The molecule has 1 saturated carbocycles. The number of carbonyl (C=O) groups is 1. The number of methoxy groups -OCH3 is 1. The molecule has 0 unspecified atom stereocenters. The SMILES string of the molecule is COC[C@H]1CN(C(=O)CCN)CC12CCC2. The zero-order valence-electron chi connectivity index (χ0n) is 10.1. The van der Waals surface area contributed by atoms with Crippen LogP contribution in [0, 0.1) is 11.3 Å². The second kappa shape index (κ2) is 4.72. The van der Waals surface area contributed by atoms with E-state index in [0.29, 0.717) is 24.3 Å². The van der Waals surface area contributed by atoms with Crippen molar-refractivity contribution in [3.63, 3.8) is 0 Å². The van der Waals surface area contributed by atoms with Gasteiger partial charge in [-0.15, -0.1) is 0 Å². The van der Waals surface area contributed by atoms with E-state index in [1.165, 1.54) is 19.3 Å². The first kappa shape index (κ1) is 11.9. The monoisotopic (exact) mass is 226 g/mol. The number of hydrogen-bond donors (Lipinski definition) is 1. The molecule has 0 aromatic rings. The van der Waals surface area contributed by atoms with Gasteiger partial charge in [-0.1, -0.05) is 6.42 Å². The Labute approximate surface area is 97.1 Å². The second-order valence-electron chi connectivity index (χ2n) is 5.18. The number of carbonyl (C=O) groups excluding carboxylic acids is 1. The number of ether oxygens (including phenoxy) is 1. The van der Waals surface area contributed by atoms with Crippen LogP contribution in [0.1, 0.15) is 25.7 Å². The van der Waals surface area contributed by atoms with Gasteiger partial charge in [0.25, 0.3) is 0 Å². The van der Waals surface area contributed by atoms with Gasteiger partial charge in [0.1, 0.15) is 0 Å². The van der Waals surface area contributed by atoms with Crippen molar-refractivity contribution in [1.29, 1.82) is 0 Å². The fraction of sp³-hybridized carbons (Fsp3) is 0.917. The summed E-state index contributed by atoms with van der Waals surface area (Å²) >= 11 is 0. The zero-order valence-corrected chi connectivity index (χ0v) is 10.1. The lowest BCUT2D eigenvalue weighted by Crippen LogP contribution is -2.39. The van der Waals surface area contributed by atoms with E-state index in [1.54, 1.807) is 7.11 Å². The molecule has 0 aromatic carbocycles. The summed E-state index contributed by atoms with van der Waals surface area (Å²) < 4.78 is 5.28. The van der Waals surface area contributed by atoms with Gasteiger partial charge in [-0.05, 0) is 18.3 Å². The summed E-state index contributed by atoms with van der Waals surface area (Å²) in [5, 5.41) is 0. The Morgan fingerprint density at radius 3 is 2.81 bits per heavy atom. The summed E-state index contributed by atoms with van der Waals surface area (Å²) in [5.74, 6) is 0.750. The minimum absolute atomic E-state index is 0.215. The second-order valence-corrected chi connectivity index (χ2v) is 5.18. The van der Waals surface area contributed by atoms with Crippen LogP contribution in [0.15, 0.2) is 0 Å². The van der Waals surface area contributed by atoms with Gasteiger partial charge in [0.05, 0.1) is 6.61 Å². The number of likely N-dealkylation sites (tertiary alicyclic amines) is 1. The largest absolute Gasteiger partial charge is 0.384 e. The van der Waals surface area contributed by atoms with Gasteiger partial charge in [-0.2, -0.15) is 0 Å². The molecular formula is C12H22N2O2. The van der Waals surface area contributed by atoms with E-state index in [2.05, 4.69) is 0 Å². The average Bonchev–Trinajstić information content (AvgIpc) is 2.58. The lowest BCUT2D eigenvalue weighted by molar-refractivity contribution is -0.130. The van der Waals surface area contributed by atoms with Crippen molar-refractivity contribution in [3.05, 3.63) is 0 Å². The number of hydrogen-bond acceptors (Lipinski definition) is 3. The van der Waals surface area contributed by atoms with Gasteiger partial charge in [0.15, 0.2) is 0 Å². The molecule has 2 fully saturated rings. The number of amides is 1. The fourth-order valence-electron chi connectivity index (χ4n) is 3.13. The van der Waals surface area contributed by atoms with Crippen molar-refractivity contribution in [2.75, 3.05) is 33.4 Å². The third kappa shape index (κ3) is 1.96. The molecule has 1 heterocycles. The average molecular weight is 226 g/mol. The maximum absolute atomic E-state index is 11.8. The summed E-state index contributed by atoms with van der Waals surface area (Å²) in [6, 6.07) is 0. The highest BCUT2D eigenvalue weighted by Gasteiger charge is 2.50. The molecule has 92 valence electrons. The van der Waals surface area contributed by atoms with Gasteiger partial charge in [-0.3, -0.25) is 4.79 Å². The van der Waals surface area contributed by atoms with Gasteiger partial charge in [-0.25, -0.2) is 0 Å². The van der Waals surface area contributed by atoms with Crippen LogP contribution in [0.4, 0.5) is 0 Å². The summed E-state index contributed by atoms with van der Waals surface area (Å²) in [6.45, 7) is 3.04. The van der Waals surface area contributed by atoms with Crippen molar-refractivity contribution in [2.45, 2.75) is 25.7 Å². The van der Waals surface area contributed by atoms with Crippen LogP contribution in [0.5, 0.6) is 0 Å². The predicted octanol–water partition coefficient (Wildman–Crippen LogP) is 0.610. The molecule has 1 amide bonds. The zero-order chi connectivity index (χ0) is 11.6. The molecule has 2 rings (SSSR count). The quantitative estimate of drug-likeness (QED) is 0.764. The molecule has 2 aliphatic rings. The third-order valence-electron chi connectivity index (χ3n) is 4.24. The molecule has 16 heavy (non-hydrogen) atoms. The first-order valence-electron chi connectivity index (χ1n) is 6.18.